The van der Waals surface area contributed by atoms with Gasteiger partial charge in [0, 0.05) is 16.9 Å². The van der Waals surface area contributed by atoms with Gasteiger partial charge < -0.3 is 24.7 Å². The zero-order valence-corrected chi connectivity index (χ0v) is 23.9. The van der Waals surface area contributed by atoms with Crippen LogP contribution in [0.25, 0.3) is 10.9 Å². The van der Waals surface area contributed by atoms with Crippen LogP contribution in [0.4, 0.5) is 0 Å². The van der Waals surface area contributed by atoms with E-state index < -0.39 is 25.2 Å². The Bertz CT molecular complexity index is 1200. The molecule has 9 heteroatoms. The van der Waals surface area contributed by atoms with Crippen molar-refractivity contribution in [1.82, 2.24) is 15.4 Å². The smallest absolute Gasteiger partial charge is 0.321 e. The van der Waals surface area contributed by atoms with Crippen LogP contribution in [0.3, 0.4) is 0 Å². The van der Waals surface area contributed by atoms with Crippen molar-refractivity contribution in [2.75, 3.05) is 19.7 Å². The normalized spacial score (nSPS) is 16.8. The summed E-state index contributed by atoms with van der Waals surface area (Å²) in [6.07, 6.45) is 6.19. The fourth-order valence-electron chi connectivity index (χ4n) is 4.97. The third-order valence-electron chi connectivity index (χ3n) is 7.41. The maximum Gasteiger partial charge on any atom is 0.321 e. The van der Waals surface area contributed by atoms with E-state index in [-0.39, 0.29) is 13.0 Å². The van der Waals surface area contributed by atoms with E-state index in [2.05, 4.69) is 15.4 Å². The Balaban J connectivity index is 1.27. The number of nitrogens with one attached hydrogen (secondary N) is 3. The largest absolute Gasteiger partial charge is 0.494 e. The Morgan fingerprint density at radius 1 is 1.10 bits per heavy atom. The molecule has 0 bridgehead atoms. The molecule has 1 aliphatic rings. The van der Waals surface area contributed by atoms with Gasteiger partial charge in [-0.05, 0) is 86.3 Å². The molecular weight excluding hydrogens is 513 g/mol. The summed E-state index contributed by atoms with van der Waals surface area (Å²) in [4.78, 5) is 15.4. The van der Waals surface area contributed by atoms with Gasteiger partial charge in [-0.3, -0.25) is 9.36 Å². The predicted molar refractivity (Wildman–Crippen MR) is 155 cm³/mol. The van der Waals surface area contributed by atoms with Crippen molar-refractivity contribution < 1.29 is 23.7 Å². The van der Waals surface area contributed by atoms with Crippen molar-refractivity contribution in [2.45, 2.75) is 70.7 Å². The zero-order valence-electron chi connectivity index (χ0n) is 23.0. The first kappa shape index (κ1) is 29.3. The van der Waals surface area contributed by atoms with Crippen LogP contribution in [-0.4, -0.2) is 47.5 Å². The molecule has 0 amide bonds. The highest BCUT2D eigenvalue weighted by atomic mass is 31.2. The lowest BCUT2D eigenvalue weighted by atomic mass is 9.93. The molecule has 3 aromatic rings. The van der Waals surface area contributed by atoms with Crippen LogP contribution in [-0.2, 0) is 26.9 Å². The Morgan fingerprint density at radius 3 is 2.54 bits per heavy atom. The number of carboxylic acid groups (broad SMARTS) is 1. The fraction of sp³-hybridized carbons (Fsp3) is 0.500. The topological polar surface area (TPSA) is 113 Å². The molecule has 4 rings (SSSR count). The molecule has 8 nitrogen and oxygen atoms in total. The predicted octanol–water partition coefficient (Wildman–Crippen LogP) is 6.12. The van der Waals surface area contributed by atoms with Gasteiger partial charge in [-0.2, -0.15) is 0 Å². The van der Waals surface area contributed by atoms with Gasteiger partial charge in [0.25, 0.3) is 7.52 Å². The van der Waals surface area contributed by atoms with Crippen LogP contribution in [0.2, 0.25) is 0 Å². The number of carboxylic acids is 1. The highest BCUT2D eigenvalue weighted by Crippen LogP contribution is 2.49. The van der Waals surface area contributed by atoms with Crippen molar-refractivity contribution in [3.05, 3.63) is 65.9 Å². The molecule has 1 aliphatic heterocycles. The van der Waals surface area contributed by atoms with Crippen molar-refractivity contribution in [3.8, 4) is 5.75 Å². The number of hydrogen-bond acceptors (Lipinski definition) is 5. The number of hydrogen-bond donors (Lipinski definition) is 4. The first-order chi connectivity index (χ1) is 18.8. The molecule has 0 aliphatic carbocycles. The van der Waals surface area contributed by atoms with Gasteiger partial charge in [0.1, 0.15) is 11.8 Å². The van der Waals surface area contributed by atoms with E-state index in [9.17, 15) is 14.5 Å². The Hall–Kier alpha value is -2.64. The van der Waals surface area contributed by atoms with Gasteiger partial charge in [0.2, 0.25) is 0 Å². The molecule has 2 heterocycles. The van der Waals surface area contributed by atoms with Gasteiger partial charge in [0.05, 0.1) is 13.2 Å². The highest BCUT2D eigenvalue weighted by Gasteiger charge is 2.34. The van der Waals surface area contributed by atoms with Crippen LogP contribution >= 0.6 is 7.52 Å². The maximum absolute atomic E-state index is 13.7. The molecule has 2 aromatic carbocycles. The number of ether oxygens (including phenoxy) is 1. The number of piperidine rings is 1. The quantitative estimate of drug-likeness (QED) is 0.132. The van der Waals surface area contributed by atoms with Gasteiger partial charge in [0.15, 0.2) is 0 Å². The van der Waals surface area contributed by atoms with Crippen molar-refractivity contribution in [3.63, 3.8) is 0 Å². The molecule has 1 aromatic heterocycles. The SMILES string of the molecule is CC(C)P(=O)(NC(Cc1ccc(OCCCCC2CCNCC2)cc1)C(=O)O)OCc1cc2ccccc2[nH]1. The van der Waals surface area contributed by atoms with Gasteiger partial charge >= 0.3 is 5.97 Å². The molecule has 212 valence electrons. The summed E-state index contributed by atoms with van der Waals surface area (Å²) in [7, 11) is -3.47. The van der Waals surface area contributed by atoms with E-state index >= 15 is 0 Å². The van der Waals surface area contributed by atoms with E-state index in [0.717, 1.165) is 53.3 Å². The van der Waals surface area contributed by atoms with Crippen molar-refractivity contribution in [1.29, 1.82) is 0 Å². The van der Waals surface area contributed by atoms with E-state index in [0.29, 0.717) is 6.61 Å². The minimum atomic E-state index is -3.47. The lowest BCUT2D eigenvalue weighted by molar-refractivity contribution is -0.139. The number of para-hydroxylation sites is 1. The minimum absolute atomic E-state index is 0.0907. The fourth-order valence-corrected chi connectivity index (χ4v) is 6.61. The number of fused-ring (bicyclic) bond motifs is 1. The first-order valence-electron chi connectivity index (χ1n) is 14.1. The maximum atomic E-state index is 13.7. The lowest BCUT2D eigenvalue weighted by Gasteiger charge is -2.26. The summed E-state index contributed by atoms with van der Waals surface area (Å²) in [5.41, 5.74) is 2.18. The van der Waals surface area contributed by atoms with Crippen LogP contribution in [0.1, 0.15) is 57.2 Å². The summed E-state index contributed by atoms with van der Waals surface area (Å²) in [6, 6.07) is 16.2. The second-order valence-electron chi connectivity index (χ2n) is 10.8. The van der Waals surface area contributed by atoms with Gasteiger partial charge in [-0.15, -0.1) is 0 Å². The molecule has 2 atom stereocenters. The Kier molecular flexibility index (Phi) is 10.6. The summed E-state index contributed by atoms with van der Waals surface area (Å²) in [5.74, 6) is 0.542. The number of rotatable bonds is 15. The molecule has 0 saturated carbocycles. The number of aromatic amines is 1. The minimum Gasteiger partial charge on any atom is -0.494 e. The van der Waals surface area contributed by atoms with E-state index in [1.807, 2.05) is 54.6 Å². The monoisotopic (exact) mass is 555 g/mol. The number of aromatic nitrogens is 1. The average molecular weight is 556 g/mol. The molecule has 39 heavy (non-hydrogen) atoms. The Labute approximate surface area is 231 Å². The number of benzene rings is 2. The molecule has 1 saturated heterocycles. The molecule has 0 radical (unpaired) electrons. The second kappa shape index (κ2) is 14.1. The van der Waals surface area contributed by atoms with Crippen LogP contribution < -0.4 is 15.1 Å². The van der Waals surface area contributed by atoms with Crippen molar-refractivity contribution in [2.24, 2.45) is 5.92 Å². The first-order valence-corrected chi connectivity index (χ1v) is 15.8. The average Bonchev–Trinajstić information content (AvgIpc) is 3.36. The summed E-state index contributed by atoms with van der Waals surface area (Å²) in [6.45, 7) is 6.59. The summed E-state index contributed by atoms with van der Waals surface area (Å²) in [5, 5.41) is 17.2. The van der Waals surface area contributed by atoms with Crippen LogP contribution in [0, 0.1) is 5.92 Å². The molecule has 2 unspecified atom stereocenters. The summed E-state index contributed by atoms with van der Waals surface area (Å²) >= 11 is 0. The standard InChI is InChI=1S/C30H42N3O5P/c1-22(2)39(36,38-21-26-20-25-8-3-4-9-28(25)32-26)33-29(30(34)35)19-24-10-12-27(13-11-24)37-18-6-5-7-23-14-16-31-17-15-23/h3-4,8-13,20,22-23,29,31-32H,5-7,14-19,21H2,1-2H3,(H,33,36)(H,34,35). The number of aliphatic carboxylic acids is 1. The summed E-state index contributed by atoms with van der Waals surface area (Å²) < 4.78 is 25.5. The third kappa shape index (κ3) is 8.67. The van der Waals surface area contributed by atoms with Crippen molar-refractivity contribution >= 4 is 24.4 Å². The van der Waals surface area contributed by atoms with Gasteiger partial charge in [-0.25, -0.2) is 5.09 Å². The van der Waals surface area contributed by atoms with Crippen LogP contribution in [0.5, 0.6) is 5.75 Å². The molecule has 1 fully saturated rings. The zero-order chi connectivity index (χ0) is 27.7. The Morgan fingerprint density at radius 2 is 1.85 bits per heavy atom. The number of H-pyrrole nitrogens is 1. The van der Waals surface area contributed by atoms with Crippen LogP contribution in [0.15, 0.2) is 54.6 Å². The molecular formula is C30H42N3O5P. The third-order valence-corrected chi connectivity index (χ3v) is 9.95. The van der Waals surface area contributed by atoms with E-state index in [1.165, 1.54) is 25.7 Å². The van der Waals surface area contributed by atoms with Gasteiger partial charge in [-0.1, -0.05) is 50.6 Å². The number of unbranched alkanes of at least 4 members (excludes halogenated alkanes) is 1. The highest BCUT2D eigenvalue weighted by molar-refractivity contribution is 7.57. The number of carbonyl (C=O) groups is 1. The second-order valence-corrected chi connectivity index (χ2v) is 13.5. The molecule has 0 spiro atoms. The lowest BCUT2D eigenvalue weighted by Crippen LogP contribution is -2.38. The van der Waals surface area contributed by atoms with E-state index in [1.54, 1.807) is 13.8 Å². The van der Waals surface area contributed by atoms with E-state index in [4.69, 9.17) is 9.26 Å². The molecule has 4 N–H and O–H groups in total.